The summed E-state index contributed by atoms with van der Waals surface area (Å²) in [5.41, 5.74) is 1.65. The predicted molar refractivity (Wildman–Crippen MR) is 102 cm³/mol. The zero-order valence-corrected chi connectivity index (χ0v) is 16.0. The van der Waals surface area contributed by atoms with Gasteiger partial charge < -0.3 is 10.6 Å². The molecule has 0 aliphatic carbocycles. The average Bonchev–Trinajstić information content (AvgIpc) is 3.12. The van der Waals surface area contributed by atoms with E-state index in [1.807, 2.05) is 64.2 Å². The van der Waals surface area contributed by atoms with Crippen molar-refractivity contribution in [2.24, 2.45) is 0 Å². The molecule has 0 saturated carbocycles. The zero-order chi connectivity index (χ0) is 19.2. The molecule has 1 amide bonds. The Kier molecular flexibility index (Phi) is 6.69. The summed E-state index contributed by atoms with van der Waals surface area (Å²) in [5.74, 6) is -0.953. The maximum absolute atomic E-state index is 12.5. The third kappa shape index (κ3) is 5.81. The van der Waals surface area contributed by atoms with Gasteiger partial charge in [-0.05, 0) is 51.0 Å². The Morgan fingerprint density at radius 2 is 1.88 bits per heavy atom. The number of benzene rings is 1. The van der Waals surface area contributed by atoms with Crippen molar-refractivity contribution in [3.05, 3.63) is 48.3 Å². The number of aromatic nitrogens is 2. The van der Waals surface area contributed by atoms with Gasteiger partial charge in [0.25, 0.3) is 5.91 Å². The number of hydrogen-bond acceptors (Lipinski definition) is 4. The Bertz CT molecular complexity index is 715. The first-order valence-electron chi connectivity index (χ1n) is 8.99. The van der Waals surface area contributed by atoms with E-state index < -0.39 is 17.7 Å². The molecule has 1 atom stereocenters. The Morgan fingerprint density at radius 1 is 1.19 bits per heavy atom. The van der Waals surface area contributed by atoms with Crippen molar-refractivity contribution in [3.8, 4) is 5.69 Å². The van der Waals surface area contributed by atoms with Gasteiger partial charge in [0, 0.05) is 24.5 Å². The molecule has 140 valence electrons. The molecule has 26 heavy (non-hydrogen) atoms. The predicted octanol–water partition coefficient (Wildman–Crippen LogP) is 2.61. The van der Waals surface area contributed by atoms with Gasteiger partial charge >= 0.3 is 0 Å². The molecule has 0 aliphatic rings. The van der Waals surface area contributed by atoms with E-state index in [0.29, 0.717) is 13.0 Å². The maximum Gasteiger partial charge on any atom is 0.289 e. The van der Waals surface area contributed by atoms with E-state index in [9.17, 15) is 9.59 Å². The lowest BCUT2D eigenvalue weighted by molar-refractivity contribution is -0.139. The van der Waals surface area contributed by atoms with Crippen molar-refractivity contribution in [2.75, 3.05) is 0 Å². The highest BCUT2D eigenvalue weighted by molar-refractivity contribution is 6.38. The third-order valence-electron chi connectivity index (χ3n) is 3.88. The monoisotopic (exact) mass is 356 g/mol. The van der Waals surface area contributed by atoms with Crippen LogP contribution in [0.2, 0.25) is 0 Å². The first-order chi connectivity index (χ1) is 12.3. The molecule has 6 heteroatoms. The number of hydrogen-bond donors (Lipinski definition) is 2. The van der Waals surface area contributed by atoms with Crippen LogP contribution in [0.5, 0.6) is 0 Å². The van der Waals surface area contributed by atoms with Gasteiger partial charge in [0.15, 0.2) is 0 Å². The van der Waals surface area contributed by atoms with Crippen LogP contribution in [0.1, 0.15) is 46.1 Å². The molecule has 0 radical (unpaired) electrons. The number of nitrogens with zero attached hydrogens (tertiary/aromatic N) is 2. The highest BCUT2D eigenvalue weighted by Crippen LogP contribution is 2.09. The maximum atomic E-state index is 12.5. The standard InChI is InChI=1S/C20H28N4O2/c1-5-7-17(23-20(2,3)4)18(25)19(26)21-14-15-8-10-16(11-9-15)24-13-6-12-22-24/h6,8-13,17,23H,5,7,14H2,1-4H3,(H,21,26). The number of rotatable bonds is 8. The van der Waals surface area contributed by atoms with E-state index in [1.54, 1.807) is 10.9 Å². The molecule has 0 saturated heterocycles. The molecule has 1 aromatic heterocycles. The summed E-state index contributed by atoms with van der Waals surface area (Å²) in [7, 11) is 0. The van der Waals surface area contributed by atoms with Crippen molar-refractivity contribution in [1.29, 1.82) is 0 Å². The van der Waals surface area contributed by atoms with Crippen molar-refractivity contribution >= 4 is 11.7 Å². The van der Waals surface area contributed by atoms with E-state index in [0.717, 1.165) is 17.7 Å². The van der Waals surface area contributed by atoms with E-state index in [2.05, 4.69) is 15.7 Å². The molecule has 2 aromatic rings. The lowest BCUT2D eigenvalue weighted by Crippen LogP contribution is -2.51. The van der Waals surface area contributed by atoms with Gasteiger partial charge in [-0.25, -0.2) is 4.68 Å². The van der Waals surface area contributed by atoms with Gasteiger partial charge in [0.2, 0.25) is 5.78 Å². The van der Waals surface area contributed by atoms with E-state index >= 15 is 0 Å². The first kappa shape index (κ1) is 19.8. The minimum Gasteiger partial charge on any atom is -0.345 e. The molecule has 2 N–H and O–H groups in total. The second-order valence-corrected chi connectivity index (χ2v) is 7.40. The number of amides is 1. The zero-order valence-electron chi connectivity index (χ0n) is 16.0. The van der Waals surface area contributed by atoms with Gasteiger partial charge in [-0.2, -0.15) is 5.10 Å². The van der Waals surface area contributed by atoms with Crippen LogP contribution in [0.4, 0.5) is 0 Å². The summed E-state index contributed by atoms with van der Waals surface area (Å²) in [5, 5.41) is 10.1. The van der Waals surface area contributed by atoms with Crippen LogP contribution in [-0.2, 0) is 16.1 Å². The lowest BCUT2D eigenvalue weighted by Gasteiger charge is -2.27. The van der Waals surface area contributed by atoms with Crippen LogP contribution >= 0.6 is 0 Å². The Hall–Kier alpha value is -2.47. The number of carbonyl (C=O) groups is 2. The Labute approximate surface area is 155 Å². The number of Topliss-reactive ketones (excluding diaryl/α,β-unsaturated/α-hetero) is 1. The fourth-order valence-electron chi connectivity index (χ4n) is 2.70. The van der Waals surface area contributed by atoms with Crippen molar-refractivity contribution < 1.29 is 9.59 Å². The largest absolute Gasteiger partial charge is 0.345 e. The minimum atomic E-state index is -0.545. The number of ketones is 1. The quantitative estimate of drug-likeness (QED) is 0.713. The lowest BCUT2D eigenvalue weighted by atomic mass is 10.0. The summed E-state index contributed by atoms with van der Waals surface area (Å²) < 4.78 is 1.76. The van der Waals surface area contributed by atoms with Crippen molar-refractivity contribution in [1.82, 2.24) is 20.4 Å². The molecule has 1 aromatic carbocycles. The van der Waals surface area contributed by atoms with Crippen LogP contribution in [-0.4, -0.2) is 33.1 Å². The Morgan fingerprint density at radius 3 is 2.42 bits per heavy atom. The summed E-state index contributed by atoms with van der Waals surface area (Å²) in [6, 6.07) is 9.09. The molecule has 0 spiro atoms. The molecular formula is C20H28N4O2. The average molecular weight is 356 g/mol. The molecule has 6 nitrogen and oxygen atoms in total. The fourth-order valence-corrected chi connectivity index (χ4v) is 2.70. The van der Waals surface area contributed by atoms with Crippen LogP contribution in [0.3, 0.4) is 0 Å². The van der Waals surface area contributed by atoms with Gasteiger partial charge in [-0.15, -0.1) is 0 Å². The topological polar surface area (TPSA) is 76.0 Å². The SMILES string of the molecule is CCCC(NC(C)(C)C)C(=O)C(=O)NCc1ccc(-n2cccn2)cc1. The fraction of sp³-hybridized carbons (Fsp3) is 0.450. The van der Waals surface area contributed by atoms with E-state index in [4.69, 9.17) is 0 Å². The highest BCUT2D eigenvalue weighted by Gasteiger charge is 2.27. The molecule has 0 aliphatic heterocycles. The van der Waals surface area contributed by atoms with Crippen LogP contribution < -0.4 is 10.6 Å². The summed E-state index contributed by atoms with van der Waals surface area (Å²) in [4.78, 5) is 24.7. The van der Waals surface area contributed by atoms with Crippen LogP contribution in [0.15, 0.2) is 42.7 Å². The van der Waals surface area contributed by atoms with Gasteiger partial charge in [0.1, 0.15) is 0 Å². The third-order valence-corrected chi connectivity index (χ3v) is 3.88. The number of carbonyl (C=O) groups excluding carboxylic acids is 2. The first-order valence-corrected chi connectivity index (χ1v) is 8.99. The molecule has 0 fully saturated rings. The van der Waals surface area contributed by atoms with Gasteiger partial charge in [0.05, 0.1) is 11.7 Å². The highest BCUT2D eigenvalue weighted by atomic mass is 16.2. The normalized spacial score (nSPS) is 12.6. The smallest absolute Gasteiger partial charge is 0.289 e. The summed E-state index contributed by atoms with van der Waals surface area (Å²) in [6.45, 7) is 8.29. The van der Waals surface area contributed by atoms with Crippen molar-refractivity contribution in [2.45, 2.75) is 58.7 Å². The van der Waals surface area contributed by atoms with Crippen LogP contribution in [0.25, 0.3) is 5.69 Å². The van der Waals surface area contributed by atoms with E-state index in [-0.39, 0.29) is 5.54 Å². The minimum absolute atomic E-state index is 0.224. The van der Waals surface area contributed by atoms with Gasteiger partial charge in [-0.3, -0.25) is 9.59 Å². The second kappa shape index (κ2) is 8.76. The Balaban J connectivity index is 1.93. The van der Waals surface area contributed by atoms with Crippen LogP contribution in [0, 0.1) is 0 Å². The van der Waals surface area contributed by atoms with E-state index in [1.165, 1.54) is 0 Å². The number of nitrogens with one attached hydrogen (secondary N) is 2. The molecular weight excluding hydrogens is 328 g/mol. The van der Waals surface area contributed by atoms with Gasteiger partial charge in [-0.1, -0.05) is 25.5 Å². The molecule has 2 rings (SSSR count). The van der Waals surface area contributed by atoms with Crippen molar-refractivity contribution in [3.63, 3.8) is 0 Å². The summed E-state index contributed by atoms with van der Waals surface area (Å²) >= 11 is 0. The molecule has 1 unspecified atom stereocenters. The second-order valence-electron chi connectivity index (χ2n) is 7.40. The molecule has 0 bridgehead atoms. The molecule has 1 heterocycles. The summed E-state index contributed by atoms with van der Waals surface area (Å²) in [6.07, 6.45) is 5.06.